The van der Waals surface area contributed by atoms with Crippen molar-refractivity contribution in [2.75, 3.05) is 6.54 Å². The molecule has 1 aromatic carbocycles. The van der Waals surface area contributed by atoms with Gasteiger partial charge in [-0.05, 0) is 18.1 Å². The van der Waals surface area contributed by atoms with E-state index in [2.05, 4.69) is 35.1 Å². The Morgan fingerprint density at radius 1 is 1.39 bits per heavy atom. The van der Waals surface area contributed by atoms with Gasteiger partial charge in [-0.2, -0.15) is 0 Å². The Bertz CT molecular complexity index is 514. The summed E-state index contributed by atoms with van der Waals surface area (Å²) in [6.45, 7) is 4.80. The number of carbonyl (C=O) groups excluding carboxylic acids is 1. The molecule has 0 radical (unpaired) electrons. The van der Waals surface area contributed by atoms with Crippen LogP contribution in [0.15, 0.2) is 34.7 Å². The van der Waals surface area contributed by atoms with Gasteiger partial charge in [0.05, 0.1) is 0 Å². The van der Waals surface area contributed by atoms with Gasteiger partial charge in [-0.1, -0.05) is 48.0 Å². The molecule has 1 aromatic heterocycles. The molecule has 1 atom stereocenters. The van der Waals surface area contributed by atoms with Gasteiger partial charge in [-0.15, -0.1) is 0 Å². The lowest BCUT2D eigenvalue weighted by Crippen LogP contribution is -2.31. The second kappa shape index (κ2) is 5.57. The molecule has 0 bridgehead atoms. The van der Waals surface area contributed by atoms with E-state index in [1.54, 1.807) is 6.07 Å². The first-order valence-corrected chi connectivity index (χ1v) is 6.90. The Hall–Kier alpha value is -1.29. The quantitative estimate of drug-likeness (QED) is 0.877. The van der Waals surface area contributed by atoms with Crippen LogP contribution in [0.3, 0.4) is 0 Å². The number of furan rings is 1. The molecule has 1 unspecified atom stereocenters. The van der Waals surface area contributed by atoms with Crippen LogP contribution in [0, 0.1) is 5.92 Å². The first-order chi connectivity index (χ1) is 8.58. The van der Waals surface area contributed by atoms with Crippen LogP contribution in [-0.2, 0) is 0 Å². The van der Waals surface area contributed by atoms with Crippen molar-refractivity contribution in [2.24, 2.45) is 5.92 Å². The fraction of sp³-hybridized carbons (Fsp3) is 0.357. The molecule has 1 heterocycles. The topological polar surface area (TPSA) is 42.2 Å². The van der Waals surface area contributed by atoms with Crippen molar-refractivity contribution in [1.82, 2.24) is 5.32 Å². The smallest absolute Gasteiger partial charge is 0.287 e. The van der Waals surface area contributed by atoms with E-state index in [9.17, 15) is 4.79 Å². The summed E-state index contributed by atoms with van der Waals surface area (Å²) in [4.78, 5) is 12.2. The molecule has 1 N–H and O–H groups in total. The van der Waals surface area contributed by atoms with Gasteiger partial charge in [0.25, 0.3) is 5.91 Å². The maximum Gasteiger partial charge on any atom is 0.287 e. The Morgan fingerprint density at radius 3 is 2.78 bits per heavy atom. The predicted octanol–water partition coefficient (Wildman–Crippen LogP) is 3.58. The van der Waals surface area contributed by atoms with Crippen molar-refractivity contribution in [1.29, 1.82) is 0 Å². The number of alkyl halides is 1. The Balaban J connectivity index is 2.05. The summed E-state index contributed by atoms with van der Waals surface area (Å²) in [6.07, 6.45) is 0. The van der Waals surface area contributed by atoms with Crippen LogP contribution in [0.25, 0.3) is 11.0 Å². The van der Waals surface area contributed by atoms with E-state index in [-0.39, 0.29) is 10.7 Å². The average molecular weight is 310 g/mol. The van der Waals surface area contributed by atoms with Crippen molar-refractivity contribution in [3.8, 4) is 0 Å². The van der Waals surface area contributed by atoms with Gasteiger partial charge in [0.2, 0.25) is 0 Å². The lowest BCUT2D eigenvalue weighted by Gasteiger charge is -2.13. The first-order valence-electron chi connectivity index (χ1n) is 5.99. The zero-order valence-corrected chi connectivity index (χ0v) is 12.0. The van der Waals surface area contributed by atoms with Crippen LogP contribution in [0.2, 0.25) is 0 Å². The van der Waals surface area contributed by atoms with Crippen molar-refractivity contribution in [3.63, 3.8) is 0 Å². The molecule has 1 amide bonds. The number of nitrogens with one attached hydrogen (secondary N) is 1. The maximum atomic E-state index is 11.9. The third-order valence-corrected chi connectivity index (χ3v) is 4.21. The number of halogens is 1. The molecule has 2 rings (SSSR count). The SMILES string of the molecule is CC(C)C(Br)CNC(=O)c1cc2ccccc2o1. The van der Waals surface area contributed by atoms with E-state index in [0.29, 0.717) is 18.2 Å². The molecule has 4 heteroatoms. The fourth-order valence-electron chi connectivity index (χ4n) is 1.61. The number of amides is 1. The Labute approximate surface area is 115 Å². The lowest BCUT2D eigenvalue weighted by atomic mass is 10.1. The summed E-state index contributed by atoms with van der Waals surface area (Å²) >= 11 is 3.53. The summed E-state index contributed by atoms with van der Waals surface area (Å²) in [5.74, 6) is 0.664. The standard InChI is InChI=1S/C14H16BrNO2/c1-9(2)11(15)8-16-14(17)13-7-10-5-3-4-6-12(10)18-13/h3-7,9,11H,8H2,1-2H3,(H,16,17). The zero-order chi connectivity index (χ0) is 13.1. The molecule has 0 aliphatic carbocycles. The van der Waals surface area contributed by atoms with E-state index in [1.165, 1.54) is 0 Å². The Kier molecular flexibility index (Phi) is 4.07. The van der Waals surface area contributed by atoms with E-state index < -0.39 is 0 Å². The van der Waals surface area contributed by atoms with Crippen LogP contribution in [0.1, 0.15) is 24.4 Å². The van der Waals surface area contributed by atoms with Crippen LogP contribution in [0.4, 0.5) is 0 Å². The van der Waals surface area contributed by atoms with E-state index in [1.807, 2.05) is 24.3 Å². The van der Waals surface area contributed by atoms with Crippen molar-refractivity contribution in [2.45, 2.75) is 18.7 Å². The number of carbonyl (C=O) groups is 1. The number of benzene rings is 1. The minimum absolute atomic E-state index is 0.170. The molecule has 2 aromatic rings. The largest absolute Gasteiger partial charge is 0.451 e. The van der Waals surface area contributed by atoms with Gasteiger partial charge in [-0.3, -0.25) is 4.79 Å². The number of hydrogen-bond acceptors (Lipinski definition) is 2. The number of fused-ring (bicyclic) bond motifs is 1. The molecule has 0 saturated heterocycles. The zero-order valence-electron chi connectivity index (χ0n) is 10.4. The van der Waals surface area contributed by atoms with Gasteiger partial charge in [-0.25, -0.2) is 0 Å². The van der Waals surface area contributed by atoms with Gasteiger partial charge in [0, 0.05) is 16.8 Å². The number of para-hydroxylation sites is 1. The molecule has 0 aliphatic heterocycles. The second-order valence-corrected chi connectivity index (χ2v) is 5.79. The first kappa shape index (κ1) is 13.1. The second-order valence-electron chi connectivity index (χ2n) is 4.62. The Morgan fingerprint density at radius 2 is 2.11 bits per heavy atom. The predicted molar refractivity (Wildman–Crippen MR) is 76.1 cm³/mol. The van der Waals surface area contributed by atoms with Gasteiger partial charge >= 0.3 is 0 Å². The van der Waals surface area contributed by atoms with Crippen molar-refractivity contribution >= 4 is 32.8 Å². The minimum atomic E-state index is -0.170. The highest BCUT2D eigenvalue weighted by atomic mass is 79.9. The molecule has 96 valence electrons. The molecule has 18 heavy (non-hydrogen) atoms. The van der Waals surface area contributed by atoms with Crippen LogP contribution in [-0.4, -0.2) is 17.3 Å². The van der Waals surface area contributed by atoms with Crippen LogP contribution in [0.5, 0.6) is 0 Å². The monoisotopic (exact) mass is 309 g/mol. The average Bonchev–Trinajstić information content (AvgIpc) is 2.79. The lowest BCUT2D eigenvalue weighted by molar-refractivity contribution is 0.0927. The van der Waals surface area contributed by atoms with Crippen molar-refractivity contribution in [3.05, 3.63) is 36.1 Å². The normalized spacial score (nSPS) is 12.9. The molecular formula is C14H16BrNO2. The summed E-state index contributed by atoms with van der Waals surface area (Å²) in [5, 5.41) is 3.81. The van der Waals surface area contributed by atoms with Gasteiger partial charge in [0.1, 0.15) is 5.58 Å². The molecular weight excluding hydrogens is 294 g/mol. The maximum absolute atomic E-state index is 11.9. The molecule has 3 nitrogen and oxygen atoms in total. The van der Waals surface area contributed by atoms with Gasteiger partial charge in [0.15, 0.2) is 5.76 Å². The summed E-state index contributed by atoms with van der Waals surface area (Å²) in [7, 11) is 0. The van der Waals surface area contributed by atoms with E-state index in [4.69, 9.17) is 4.42 Å². The fourth-order valence-corrected chi connectivity index (χ4v) is 1.77. The number of rotatable bonds is 4. The molecule has 0 fully saturated rings. The highest BCUT2D eigenvalue weighted by molar-refractivity contribution is 9.09. The van der Waals surface area contributed by atoms with E-state index in [0.717, 1.165) is 11.0 Å². The highest BCUT2D eigenvalue weighted by Crippen LogP contribution is 2.18. The van der Waals surface area contributed by atoms with Crippen LogP contribution < -0.4 is 5.32 Å². The molecule has 0 spiro atoms. The summed E-state index contributed by atoms with van der Waals surface area (Å²) in [6, 6.07) is 9.36. The van der Waals surface area contributed by atoms with Crippen molar-refractivity contribution < 1.29 is 9.21 Å². The molecule has 0 saturated carbocycles. The highest BCUT2D eigenvalue weighted by Gasteiger charge is 2.14. The van der Waals surface area contributed by atoms with Crippen LogP contribution >= 0.6 is 15.9 Å². The van der Waals surface area contributed by atoms with E-state index >= 15 is 0 Å². The number of hydrogen-bond donors (Lipinski definition) is 1. The van der Waals surface area contributed by atoms with Gasteiger partial charge < -0.3 is 9.73 Å². The summed E-state index contributed by atoms with van der Waals surface area (Å²) in [5.41, 5.74) is 0.738. The molecule has 0 aliphatic rings. The summed E-state index contributed by atoms with van der Waals surface area (Å²) < 4.78 is 5.50. The third-order valence-electron chi connectivity index (χ3n) is 2.83. The third kappa shape index (κ3) is 2.93. The minimum Gasteiger partial charge on any atom is -0.451 e.